The lowest BCUT2D eigenvalue weighted by atomic mass is 10.0. The van der Waals surface area contributed by atoms with E-state index in [1.807, 2.05) is 7.05 Å². The van der Waals surface area contributed by atoms with Gasteiger partial charge in [-0.1, -0.05) is 5.16 Å². The van der Waals surface area contributed by atoms with Crippen molar-refractivity contribution in [2.75, 3.05) is 51.8 Å². The number of nitrogens with zero attached hydrogens (tertiary/aromatic N) is 4. The molecule has 0 aliphatic carbocycles. The number of aliphatic carboxylic acids is 1. The molecule has 4 rings (SSSR count). The molecule has 0 aromatic carbocycles. The number of carbonyl (C=O) groups is 4. The average molecular weight is 538 g/mol. The van der Waals surface area contributed by atoms with Crippen LogP contribution < -0.4 is 21.5 Å². The maximum atomic E-state index is 13.0. The Morgan fingerprint density at radius 1 is 1.47 bits per heavy atom. The molecule has 3 amide bonds. The summed E-state index contributed by atoms with van der Waals surface area (Å²) in [5.41, 5.74) is 6.21. The third-order valence-corrected chi connectivity index (χ3v) is 8.54. The Kier molecular flexibility index (Phi) is 7.51. The van der Waals surface area contributed by atoms with E-state index in [-0.39, 0.29) is 22.2 Å². The van der Waals surface area contributed by atoms with Crippen molar-refractivity contribution in [2.24, 2.45) is 11.1 Å². The van der Waals surface area contributed by atoms with E-state index in [1.54, 1.807) is 5.38 Å². The maximum Gasteiger partial charge on any atom is 0.276 e. The van der Waals surface area contributed by atoms with Crippen LogP contribution in [0.25, 0.3) is 0 Å². The van der Waals surface area contributed by atoms with Gasteiger partial charge in [0.1, 0.15) is 30.8 Å². The van der Waals surface area contributed by atoms with Gasteiger partial charge in [0.05, 0.1) is 31.8 Å². The molecular formula is C21H27N7O6S2. The van der Waals surface area contributed by atoms with Gasteiger partial charge in [0, 0.05) is 35.6 Å². The van der Waals surface area contributed by atoms with Crippen molar-refractivity contribution >= 4 is 58.1 Å². The topological polar surface area (TPSA) is 179 Å². The molecule has 4 atom stereocenters. The third-order valence-electron chi connectivity index (χ3n) is 6.53. The molecule has 0 radical (unpaired) electrons. The van der Waals surface area contributed by atoms with Crippen molar-refractivity contribution in [3.8, 4) is 0 Å². The lowest BCUT2D eigenvalue weighted by molar-refractivity contribution is -0.894. The molecule has 1 aromatic rings. The molecule has 4 N–H and O–H groups in total. The Bertz CT molecular complexity index is 1140. The molecule has 0 saturated carbocycles. The number of anilines is 1. The molecule has 36 heavy (non-hydrogen) atoms. The first-order valence-electron chi connectivity index (χ1n) is 11.2. The number of carboxylic acids is 1. The predicted molar refractivity (Wildman–Crippen MR) is 130 cm³/mol. The lowest BCUT2D eigenvalue weighted by Crippen LogP contribution is -2.71. The van der Waals surface area contributed by atoms with Crippen LogP contribution in [0.3, 0.4) is 0 Å². The molecule has 3 aliphatic heterocycles. The Labute approximate surface area is 215 Å². The largest absolute Gasteiger partial charge is 0.543 e. The van der Waals surface area contributed by atoms with Gasteiger partial charge in [-0.05, 0) is 0 Å². The maximum absolute atomic E-state index is 13.0. The van der Waals surface area contributed by atoms with E-state index in [0.717, 1.165) is 30.8 Å². The highest BCUT2D eigenvalue weighted by Crippen LogP contribution is 2.41. The fraction of sp³-hybridized carbons (Fsp3) is 0.524. The Hall–Kier alpha value is -3.17. The third kappa shape index (κ3) is 5.03. The number of fused-ring (bicyclic) bond motifs is 1. The van der Waals surface area contributed by atoms with Crippen molar-refractivity contribution in [3.05, 3.63) is 22.3 Å². The number of aromatic nitrogens is 1. The molecule has 15 heteroatoms. The summed E-state index contributed by atoms with van der Waals surface area (Å²) in [5, 5.41) is 22.4. The van der Waals surface area contributed by atoms with Crippen molar-refractivity contribution in [1.29, 1.82) is 0 Å². The van der Waals surface area contributed by atoms with Gasteiger partial charge in [-0.25, -0.2) is 4.98 Å². The van der Waals surface area contributed by atoms with Gasteiger partial charge >= 0.3 is 0 Å². The number of thioether (sulfide) groups is 1. The summed E-state index contributed by atoms with van der Waals surface area (Å²) in [7, 11) is 3.32. The highest BCUT2D eigenvalue weighted by atomic mass is 32.2. The molecular weight excluding hydrogens is 510 g/mol. The van der Waals surface area contributed by atoms with Crippen LogP contribution in [0.4, 0.5) is 5.13 Å². The van der Waals surface area contributed by atoms with Crippen LogP contribution in [0.5, 0.6) is 0 Å². The zero-order chi connectivity index (χ0) is 26.0. The fourth-order valence-corrected chi connectivity index (χ4v) is 6.86. The van der Waals surface area contributed by atoms with Crippen molar-refractivity contribution in [3.63, 3.8) is 0 Å². The number of likely N-dealkylation sites (tertiary alicyclic amines) is 1. The number of oxime groups is 1. The number of β-lactam (4-membered cyclic amide) rings is 1. The zero-order valence-electron chi connectivity index (χ0n) is 19.8. The second-order valence-electron chi connectivity index (χ2n) is 9.16. The van der Waals surface area contributed by atoms with Crippen molar-refractivity contribution in [1.82, 2.24) is 20.5 Å². The normalized spacial score (nSPS) is 27.8. The van der Waals surface area contributed by atoms with Gasteiger partial charge in [-0.15, -0.1) is 23.1 Å². The minimum atomic E-state index is -1.42. The molecule has 2 fully saturated rings. The monoisotopic (exact) mass is 537 g/mol. The van der Waals surface area contributed by atoms with Gasteiger partial charge in [0.25, 0.3) is 11.8 Å². The minimum absolute atomic E-state index is 0.124. The molecule has 0 bridgehead atoms. The molecule has 194 valence electrons. The van der Waals surface area contributed by atoms with E-state index in [1.165, 1.54) is 23.8 Å². The van der Waals surface area contributed by atoms with E-state index in [2.05, 4.69) is 20.8 Å². The first kappa shape index (κ1) is 25.9. The number of quaternary nitrogens is 1. The summed E-state index contributed by atoms with van der Waals surface area (Å²) in [5.74, 6) is -1.95. The van der Waals surface area contributed by atoms with Gasteiger partial charge in [-0.2, -0.15) is 0 Å². The van der Waals surface area contributed by atoms with Crippen molar-refractivity contribution < 1.29 is 33.6 Å². The van der Waals surface area contributed by atoms with Gasteiger partial charge < -0.3 is 35.6 Å². The SMILES string of the molecule is CO/N=C(\C(=O)N[C@@H]1C(=O)N2C(C(=O)[O-])=C(C[N+]3(C)CCC(CNC=O)C3)CS[C@H]12)c1csc(N)n1. The van der Waals surface area contributed by atoms with Crippen LogP contribution in [0.2, 0.25) is 0 Å². The number of rotatable bonds is 10. The number of hydrogen-bond donors (Lipinski definition) is 3. The number of amides is 3. The van der Waals surface area contributed by atoms with Crippen LogP contribution in [0, 0.1) is 5.92 Å². The summed E-state index contributed by atoms with van der Waals surface area (Å²) in [6, 6.07) is -0.938. The predicted octanol–water partition coefficient (Wildman–Crippen LogP) is -2.31. The molecule has 1 aromatic heterocycles. The Morgan fingerprint density at radius 3 is 2.89 bits per heavy atom. The minimum Gasteiger partial charge on any atom is -0.543 e. The second-order valence-corrected chi connectivity index (χ2v) is 11.2. The first-order chi connectivity index (χ1) is 17.2. The summed E-state index contributed by atoms with van der Waals surface area (Å²) >= 11 is 2.51. The summed E-state index contributed by atoms with van der Waals surface area (Å²) < 4.78 is 0.609. The van der Waals surface area contributed by atoms with Crippen molar-refractivity contribution in [2.45, 2.75) is 17.8 Å². The quantitative estimate of drug-likeness (QED) is 0.0972. The highest BCUT2D eigenvalue weighted by molar-refractivity contribution is 8.00. The van der Waals surface area contributed by atoms with Crippen LogP contribution >= 0.6 is 23.1 Å². The molecule has 4 heterocycles. The molecule has 13 nitrogen and oxygen atoms in total. The first-order valence-corrected chi connectivity index (χ1v) is 13.1. The summed E-state index contributed by atoms with van der Waals surface area (Å²) in [6.07, 6.45) is 1.59. The van der Waals surface area contributed by atoms with E-state index in [9.17, 15) is 24.3 Å². The number of nitrogen functional groups attached to an aromatic ring is 1. The number of nitrogens with one attached hydrogen (secondary N) is 2. The molecule has 2 saturated heterocycles. The van der Waals surface area contributed by atoms with E-state index < -0.39 is 29.2 Å². The van der Waals surface area contributed by atoms with Gasteiger partial charge in [0.15, 0.2) is 10.8 Å². The number of likely N-dealkylation sites (N-methyl/N-ethyl adjacent to an activating group) is 1. The summed E-state index contributed by atoms with van der Waals surface area (Å²) in [6.45, 7) is 2.65. The Balaban J connectivity index is 1.48. The van der Waals surface area contributed by atoms with Gasteiger partial charge in [0.2, 0.25) is 6.41 Å². The van der Waals surface area contributed by atoms with E-state index >= 15 is 0 Å². The van der Waals surface area contributed by atoms with E-state index in [4.69, 9.17) is 10.6 Å². The highest BCUT2D eigenvalue weighted by Gasteiger charge is 2.54. The van der Waals surface area contributed by atoms with Crippen LogP contribution in [-0.2, 0) is 24.0 Å². The Morgan fingerprint density at radius 2 is 2.25 bits per heavy atom. The molecule has 2 unspecified atom stereocenters. The average Bonchev–Trinajstić information content (AvgIpc) is 3.44. The number of hydrogen-bond acceptors (Lipinski definition) is 11. The van der Waals surface area contributed by atoms with Crippen LogP contribution in [0.15, 0.2) is 21.8 Å². The van der Waals surface area contributed by atoms with E-state index in [0.29, 0.717) is 41.2 Å². The van der Waals surface area contributed by atoms with Crippen LogP contribution in [0.1, 0.15) is 12.1 Å². The standard InChI is InChI=1S/C21H27N7O6S2/c1-28(4-3-11(6-28)5-23-10-29)7-12-8-35-19-15(18(31)27(19)16(12)20(32)33)25-17(30)14(26-34-2)13-9-36-21(22)24-13/h9-11,15,19H,3-8H2,1-2H3,(H4-,22,23,24,25,29,30,32,33)/b26-14-/t11?,15-,19-,28?/m1/s1. The lowest BCUT2D eigenvalue weighted by Gasteiger charge is -2.51. The van der Waals surface area contributed by atoms with Crippen LogP contribution in [-0.4, -0.2) is 102 Å². The molecule has 3 aliphatic rings. The number of carbonyl (C=O) groups excluding carboxylic acids is 4. The summed E-state index contributed by atoms with van der Waals surface area (Å²) in [4.78, 5) is 58.6. The second kappa shape index (κ2) is 10.4. The van der Waals surface area contributed by atoms with Gasteiger partial charge in [-0.3, -0.25) is 19.3 Å². The smallest absolute Gasteiger partial charge is 0.276 e. The number of thiazole rings is 1. The zero-order valence-corrected chi connectivity index (χ0v) is 21.4. The molecule has 0 spiro atoms. The number of carboxylic acid groups (broad SMARTS) is 1. The number of nitrogens with two attached hydrogens (primary N) is 1. The fourth-order valence-electron chi connectivity index (χ4n) is 4.98.